The summed E-state index contributed by atoms with van der Waals surface area (Å²) >= 11 is 7.62. The zero-order valence-corrected chi connectivity index (χ0v) is 11.1. The normalized spacial score (nSPS) is 10.7. The van der Waals surface area contributed by atoms with Gasteiger partial charge in [-0.2, -0.15) is 0 Å². The molecule has 1 aromatic heterocycles. The molecular weight excluding hydrogens is 254 g/mol. The van der Waals surface area contributed by atoms with Crippen molar-refractivity contribution in [1.82, 2.24) is 10.3 Å². The maximum Gasteiger partial charge on any atom is 0.107 e. The number of nitrogens with one attached hydrogen (secondary N) is 1. The summed E-state index contributed by atoms with van der Waals surface area (Å²) in [6.45, 7) is 3.54. The Labute approximate surface area is 110 Å². The van der Waals surface area contributed by atoms with E-state index in [-0.39, 0.29) is 0 Å². The fourth-order valence-corrected chi connectivity index (χ4v) is 2.42. The van der Waals surface area contributed by atoms with Crippen molar-refractivity contribution < 1.29 is 0 Å². The molecule has 3 nitrogen and oxygen atoms in total. The van der Waals surface area contributed by atoms with Gasteiger partial charge in [-0.05, 0) is 24.6 Å². The Morgan fingerprint density at radius 2 is 2.24 bits per heavy atom. The van der Waals surface area contributed by atoms with Crippen molar-refractivity contribution in [2.45, 2.75) is 20.0 Å². The van der Waals surface area contributed by atoms with Crippen molar-refractivity contribution >= 4 is 28.6 Å². The molecule has 90 valence electrons. The summed E-state index contributed by atoms with van der Waals surface area (Å²) in [5.74, 6) is 0. The Balaban J connectivity index is 1.87. The quantitative estimate of drug-likeness (QED) is 0.838. The lowest BCUT2D eigenvalue weighted by atomic mass is 10.2. The molecule has 2 rings (SSSR count). The number of aromatic nitrogens is 1. The first-order valence-corrected chi connectivity index (χ1v) is 6.56. The molecule has 1 aromatic carbocycles. The third kappa shape index (κ3) is 3.43. The number of anilines is 1. The van der Waals surface area contributed by atoms with E-state index < -0.39 is 0 Å². The molecule has 0 saturated heterocycles. The number of aryl methyl sites for hydroxylation is 1. The van der Waals surface area contributed by atoms with E-state index in [0.717, 1.165) is 29.4 Å². The van der Waals surface area contributed by atoms with Crippen molar-refractivity contribution in [3.63, 3.8) is 0 Å². The monoisotopic (exact) mass is 267 g/mol. The van der Waals surface area contributed by atoms with Crippen LogP contribution in [0.25, 0.3) is 0 Å². The molecule has 0 spiro atoms. The van der Waals surface area contributed by atoms with Gasteiger partial charge in [0.2, 0.25) is 0 Å². The summed E-state index contributed by atoms with van der Waals surface area (Å²) < 4.78 is 0. The molecule has 0 fully saturated rings. The Hall–Kier alpha value is -1.10. The van der Waals surface area contributed by atoms with Crippen LogP contribution >= 0.6 is 22.9 Å². The van der Waals surface area contributed by atoms with Crippen LogP contribution in [0, 0.1) is 6.92 Å². The van der Waals surface area contributed by atoms with Gasteiger partial charge in [0.1, 0.15) is 5.01 Å². The summed E-state index contributed by atoms with van der Waals surface area (Å²) in [5.41, 5.74) is 8.46. The first kappa shape index (κ1) is 12.4. The summed E-state index contributed by atoms with van der Waals surface area (Å²) in [6, 6.07) is 5.69. The van der Waals surface area contributed by atoms with Crippen LogP contribution in [0.3, 0.4) is 0 Å². The van der Waals surface area contributed by atoms with Crippen molar-refractivity contribution in [2.75, 3.05) is 5.73 Å². The number of nitrogens with zero attached hydrogens (tertiary/aromatic N) is 1. The fraction of sp³-hybridized carbons (Fsp3) is 0.250. The van der Waals surface area contributed by atoms with Crippen LogP contribution in [0.4, 0.5) is 5.69 Å². The second kappa shape index (κ2) is 5.49. The van der Waals surface area contributed by atoms with Gasteiger partial charge in [-0.25, -0.2) is 4.98 Å². The molecule has 0 amide bonds. The summed E-state index contributed by atoms with van der Waals surface area (Å²) in [5, 5.41) is 7.09. The lowest BCUT2D eigenvalue weighted by Gasteiger charge is -2.05. The minimum atomic E-state index is 0.606. The molecule has 17 heavy (non-hydrogen) atoms. The van der Waals surface area contributed by atoms with Gasteiger partial charge in [0, 0.05) is 24.2 Å². The SMILES string of the molecule is Cc1csc(CNCc2ccc(N)c(Cl)c2)n1. The summed E-state index contributed by atoms with van der Waals surface area (Å²) in [4.78, 5) is 4.38. The number of thiazole rings is 1. The predicted molar refractivity (Wildman–Crippen MR) is 73.3 cm³/mol. The van der Waals surface area contributed by atoms with Gasteiger partial charge in [-0.3, -0.25) is 0 Å². The van der Waals surface area contributed by atoms with E-state index in [1.807, 2.05) is 25.1 Å². The van der Waals surface area contributed by atoms with Crippen LogP contribution in [0.5, 0.6) is 0 Å². The second-order valence-corrected chi connectivity index (χ2v) is 5.19. The van der Waals surface area contributed by atoms with E-state index in [4.69, 9.17) is 17.3 Å². The number of benzene rings is 1. The fourth-order valence-electron chi connectivity index (χ4n) is 1.48. The molecule has 0 bridgehead atoms. The summed E-state index contributed by atoms with van der Waals surface area (Å²) in [7, 11) is 0. The maximum atomic E-state index is 5.95. The van der Waals surface area contributed by atoms with E-state index in [0.29, 0.717) is 10.7 Å². The van der Waals surface area contributed by atoms with Crippen LogP contribution in [0.2, 0.25) is 5.02 Å². The minimum absolute atomic E-state index is 0.606. The third-order valence-electron chi connectivity index (χ3n) is 2.34. The first-order chi connectivity index (χ1) is 8.15. The molecule has 0 aliphatic rings. The standard InChI is InChI=1S/C12H14ClN3S/c1-8-7-17-12(16-8)6-15-5-9-2-3-11(14)10(13)4-9/h2-4,7,15H,5-6,14H2,1H3. The van der Waals surface area contributed by atoms with Gasteiger partial charge < -0.3 is 11.1 Å². The second-order valence-electron chi connectivity index (χ2n) is 3.84. The van der Waals surface area contributed by atoms with Gasteiger partial charge in [0.25, 0.3) is 0 Å². The maximum absolute atomic E-state index is 5.95. The topological polar surface area (TPSA) is 50.9 Å². The van der Waals surface area contributed by atoms with Crippen LogP contribution in [-0.4, -0.2) is 4.98 Å². The van der Waals surface area contributed by atoms with Gasteiger partial charge >= 0.3 is 0 Å². The number of hydrogen-bond donors (Lipinski definition) is 2. The van der Waals surface area contributed by atoms with E-state index in [9.17, 15) is 0 Å². The van der Waals surface area contributed by atoms with Crippen molar-refractivity contribution in [2.24, 2.45) is 0 Å². The average Bonchev–Trinajstić information content (AvgIpc) is 2.70. The Bertz CT molecular complexity index is 510. The average molecular weight is 268 g/mol. The molecular formula is C12H14ClN3S. The summed E-state index contributed by atoms with van der Waals surface area (Å²) in [6.07, 6.45) is 0. The molecule has 5 heteroatoms. The highest BCUT2D eigenvalue weighted by Gasteiger charge is 2.00. The molecule has 0 radical (unpaired) electrons. The predicted octanol–water partition coefficient (Wildman–Crippen LogP) is 2.98. The molecule has 0 aliphatic heterocycles. The van der Waals surface area contributed by atoms with Crippen LogP contribution in [-0.2, 0) is 13.1 Å². The molecule has 3 N–H and O–H groups in total. The molecule has 0 saturated carbocycles. The first-order valence-electron chi connectivity index (χ1n) is 5.31. The third-order valence-corrected chi connectivity index (χ3v) is 3.63. The number of nitrogens with two attached hydrogens (primary N) is 1. The number of hydrogen-bond acceptors (Lipinski definition) is 4. The Morgan fingerprint density at radius 1 is 1.41 bits per heavy atom. The number of halogens is 1. The largest absolute Gasteiger partial charge is 0.398 e. The number of rotatable bonds is 4. The van der Waals surface area contributed by atoms with Crippen molar-refractivity contribution in [1.29, 1.82) is 0 Å². The van der Waals surface area contributed by atoms with E-state index in [1.54, 1.807) is 11.3 Å². The lowest BCUT2D eigenvalue weighted by Crippen LogP contribution is -2.12. The van der Waals surface area contributed by atoms with E-state index >= 15 is 0 Å². The molecule has 2 aromatic rings. The van der Waals surface area contributed by atoms with Crippen molar-refractivity contribution in [3.8, 4) is 0 Å². The zero-order chi connectivity index (χ0) is 12.3. The Kier molecular flexibility index (Phi) is 3.99. The van der Waals surface area contributed by atoms with Gasteiger partial charge in [-0.1, -0.05) is 17.7 Å². The lowest BCUT2D eigenvalue weighted by molar-refractivity contribution is 0.689. The molecule has 0 aliphatic carbocycles. The highest BCUT2D eigenvalue weighted by atomic mass is 35.5. The molecule has 0 unspecified atom stereocenters. The number of nitrogen functional groups attached to an aromatic ring is 1. The van der Waals surface area contributed by atoms with Crippen LogP contribution in [0.15, 0.2) is 23.6 Å². The highest BCUT2D eigenvalue weighted by Crippen LogP contribution is 2.19. The van der Waals surface area contributed by atoms with Gasteiger partial charge in [0.15, 0.2) is 0 Å². The van der Waals surface area contributed by atoms with E-state index in [1.165, 1.54) is 0 Å². The molecule has 0 atom stereocenters. The van der Waals surface area contributed by atoms with E-state index in [2.05, 4.69) is 15.7 Å². The van der Waals surface area contributed by atoms with Crippen LogP contribution in [0.1, 0.15) is 16.3 Å². The molecule has 1 heterocycles. The van der Waals surface area contributed by atoms with Gasteiger partial charge in [0.05, 0.1) is 10.7 Å². The van der Waals surface area contributed by atoms with Crippen molar-refractivity contribution in [3.05, 3.63) is 44.9 Å². The minimum Gasteiger partial charge on any atom is -0.398 e. The van der Waals surface area contributed by atoms with Gasteiger partial charge in [-0.15, -0.1) is 11.3 Å². The zero-order valence-electron chi connectivity index (χ0n) is 9.53. The van der Waals surface area contributed by atoms with Crippen LogP contribution < -0.4 is 11.1 Å². The Morgan fingerprint density at radius 3 is 2.88 bits per heavy atom. The smallest absolute Gasteiger partial charge is 0.107 e. The highest BCUT2D eigenvalue weighted by molar-refractivity contribution is 7.09.